The predicted octanol–water partition coefficient (Wildman–Crippen LogP) is 3.12. The molecule has 0 spiro atoms. The molecule has 3 atom stereocenters. The van der Waals surface area contributed by atoms with Gasteiger partial charge in [0, 0.05) is 30.4 Å². The Balaban J connectivity index is 1.48. The van der Waals surface area contributed by atoms with E-state index in [4.69, 9.17) is 0 Å². The van der Waals surface area contributed by atoms with Gasteiger partial charge in [0.15, 0.2) is 0 Å². The van der Waals surface area contributed by atoms with Gasteiger partial charge in [-0.05, 0) is 43.0 Å². The summed E-state index contributed by atoms with van der Waals surface area (Å²) >= 11 is 1.76. The highest BCUT2D eigenvalue weighted by Gasteiger charge is 2.38. The molecule has 19 heavy (non-hydrogen) atoms. The van der Waals surface area contributed by atoms with Crippen molar-refractivity contribution in [3.05, 3.63) is 22.4 Å². The lowest BCUT2D eigenvalue weighted by Crippen LogP contribution is -2.43. The molecule has 2 amide bonds. The van der Waals surface area contributed by atoms with E-state index in [0.29, 0.717) is 0 Å². The Morgan fingerprint density at radius 1 is 1.47 bits per heavy atom. The van der Waals surface area contributed by atoms with Crippen molar-refractivity contribution in [2.24, 2.45) is 11.8 Å². The number of hydrogen-bond acceptors (Lipinski definition) is 2. The first-order chi connectivity index (χ1) is 9.22. The Morgan fingerprint density at radius 2 is 2.21 bits per heavy atom. The molecule has 1 saturated carbocycles. The minimum Gasteiger partial charge on any atom is -0.335 e. The molecule has 4 heteroatoms. The van der Waals surface area contributed by atoms with Crippen molar-refractivity contribution in [2.75, 3.05) is 13.1 Å². The molecule has 2 fully saturated rings. The molecule has 0 aromatic carbocycles. The molecule has 1 saturated heterocycles. The van der Waals surface area contributed by atoms with E-state index in [1.165, 1.54) is 24.1 Å². The first-order valence-electron chi connectivity index (χ1n) is 7.30. The lowest BCUT2D eigenvalue weighted by atomic mass is 10.0. The zero-order valence-electron chi connectivity index (χ0n) is 11.5. The first-order valence-corrected chi connectivity index (χ1v) is 8.18. The quantitative estimate of drug-likeness (QED) is 0.905. The Kier molecular flexibility index (Phi) is 3.78. The number of likely N-dealkylation sites (tertiary alicyclic amines) is 1. The maximum Gasteiger partial charge on any atom is 0.317 e. The molecule has 104 valence electrons. The molecule has 2 aliphatic rings. The summed E-state index contributed by atoms with van der Waals surface area (Å²) in [5, 5.41) is 5.23. The van der Waals surface area contributed by atoms with Crippen LogP contribution in [0.2, 0.25) is 0 Å². The smallest absolute Gasteiger partial charge is 0.317 e. The number of rotatable bonds is 3. The van der Waals surface area contributed by atoms with E-state index in [9.17, 15) is 4.79 Å². The summed E-state index contributed by atoms with van der Waals surface area (Å²) in [6.07, 6.45) is 4.93. The molecule has 2 heterocycles. The van der Waals surface area contributed by atoms with Crippen LogP contribution in [-0.4, -0.2) is 30.1 Å². The van der Waals surface area contributed by atoms with Gasteiger partial charge in [0.1, 0.15) is 0 Å². The van der Waals surface area contributed by atoms with Crippen LogP contribution >= 0.6 is 11.3 Å². The van der Waals surface area contributed by atoms with Crippen molar-refractivity contribution >= 4 is 17.4 Å². The van der Waals surface area contributed by atoms with E-state index in [1.807, 2.05) is 4.90 Å². The summed E-state index contributed by atoms with van der Waals surface area (Å²) in [7, 11) is 0. The molecule has 1 aliphatic carbocycles. The number of thiophene rings is 1. The fraction of sp³-hybridized carbons (Fsp3) is 0.667. The molecular formula is C15H22N2OS. The van der Waals surface area contributed by atoms with Crippen LogP contribution in [0.4, 0.5) is 4.79 Å². The van der Waals surface area contributed by atoms with Gasteiger partial charge in [0.05, 0.1) is 0 Å². The summed E-state index contributed by atoms with van der Waals surface area (Å²) in [5.41, 5.74) is 0. The topological polar surface area (TPSA) is 32.3 Å². The lowest BCUT2D eigenvalue weighted by molar-refractivity contribution is 0.201. The third-order valence-electron chi connectivity index (χ3n) is 4.47. The number of urea groups is 1. The van der Waals surface area contributed by atoms with E-state index < -0.39 is 0 Å². The molecular weight excluding hydrogens is 256 g/mol. The van der Waals surface area contributed by atoms with Crippen molar-refractivity contribution in [3.8, 4) is 0 Å². The fourth-order valence-corrected chi connectivity index (χ4v) is 4.32. The molecule has 1 aliphatic heterocycles. The normalized spacial score (nSPS) is 27.3. The van der Waals surface area contributed by atoms with Gasteiger partial charge in [-0.1, -0.05) is 12.5 Å². The van der Waals surface area contributed by atoms with Gasteiger partial charge in [-0.25, -0.2) is 4.79 Å². The highest BCUT2D eigenvalue weighted by atomic mass is 32.1. The van der Waals surface area contributed by atoms with Gasteiger partial charge >= 0.3 is 6.03 Å². The number of fused-ring (bicyclic) bond motifs is 1. The van der Waals surface area contributed by atoms with Crippen LogP contribution < -0.4 is 5.32 Å². The summed E-state index contributed by atoms with van der Waals surface area (Å²) < 4.78 is 0. The molecule has 1 aromatic heterocycles. The molecule has 1 aromatic rings. The lowest BCUT2D eigenvalue weighted by Gasteiger charge is -2.21. The van der Waals surface area contributed by atoms with Crippen molar-refractivity contribution in [2.45, 2.75) is 38.6 Å². The second kappa shape index (κ2) is 5.53. The Hall–Kier alpha value is -1.03. The Morgan fingerprint density at radius 3 is 2.84 bits per heavy atom. The standard InChI is InChI=1S/C15H22N2OS/c1-11(8-14-6-3-7-19-14)16-15(18)17-9-12-4-2-5-13(12)10-17/h3,6-7,11-13H,2,4-5,8-10H2,1H3,(H,16,18)/t11-,12-,13-/m1/s1. The molecule has 1 N–H and O–H groups in total. The zero-order chi connectivity index (χ0) is 13.2. The highest BCUT2D eigenvalue weighted by molar-refractivity contribution is 7.09. The number of hydrogen-bond donors (Lipinski definition) is 1. The second-order valence-electron chi connectivity index (χ2n) is 5.99. The van der Waals surface area contributed by atoms with Gasteiger partial charge in [0.2, 0.25) is 0 Å². The summed E-state index contributed by atoms with van der Waals surface area (Å²) in [6, 6.07) is 4.55. The van der Waals surface area contributed by atoms with Gasteiger partial charge in [0.25, 0.3) is 0 Å². The van der Waals surface area contributed by atoms with E-state index >= 15 is 0 Å². The zero-order valence-corrected chi connectivity index (χ0v) is 12.3. The van der Waals surface area contributed by atoms with Crippen LogP contribution in [0.5, 0.6) is 0 Å². The summed E-state index contributed by atoms with van der Waals surface area (Å²) in [5.74, 6) is 1.55. The van der Waals surface area contributed by atoms with Crippen LogP contribution in [0.15, 0.2) is 17.5 Å². The van der Waals surface area contributed by atoms with Gasteiger partial charge in [-0.3, -0.25) is 0 Å². The maximum atomic E-state index is 12.2. The van der Waals surface area contributed by atoms with Gasteiger partial charge in [-0.2, -0.15) is 0 Å². The maximum absolute atomic E-state index is 12.2. The van der Waals surface area contributed by atoms with Gasteiger partial charge in [-0.15, -0.1) is 11.3 Å². The monoisotopic (exact) mass is 278 g/mol. The van der Waals surface area contributed by atoms with E-state index in [1.54, 1.807) is 11.3 Å². The summed E-state index contributed by atoms with van der Waals surface area (Å²) in [4.78, 5) is 15.6. The average molecular weight is 278 g/mol. The van der Waals surface area contributed by atoms with Crippen molar-refractivity contribution in [1.82, 2.24) is 10.2 Å². The van der Waals surface area contributed by atoms with Crippen LogP contribution in [0.25, 0.3) is 0 Å². The van der Waals surface area contributed by atoms with Crippen LogP contribution in [0.1, 0.15) is 31.1 Å². The third kappa shape index (κ3) is 2.94. The average Bonchev–Trinajstić information content (AvgIpc) is 3.02. The largest absolute Gasteiger partial charge is 0.335 e. The fourth-order valence-electron chi connectivity index (χ4n) is 3.48. The first kappa shape index (κ1) is 13.0. The summed E-state index contributed by atoms with van der Waals surface area (Å²) in [6.45, 7) is 4.04. The van der Waals surface area contributed by atoms with Crippen molar-refractivity contribution < 1.29 is 4.79 Å². The Labute approximate surface area is 119 Å². The van der Waals surface area contributed by atoms with Crippen LogP contribution in [0.3, 0.4) is 0 Å². The molecule has 3 nitrogen and oxygen atoms in total. The van der Waals surface area contributed by atoms with Crippen molar-refractivity contribution in [3.63, 3.8) is 0 Å². The second-order valence-corrected chi connectivity index (χ2v) is 7.02. The Bertz CT molecular complexity index is 419. The molecule has 0 unspecified atom stereocenters. The predicted molar refractivity (Wildman–Crippen MR) is 78.4 cm³/mol. The number of nitrogens with one attached hydrogen (secondary N) is 1. The highest BCUT2D eigenvalue weighted by Crippen LogP contribution is 2.37. The van der Waals surface area contributed by atoms with E-state index in [0.717, 1.165) is 31.3 Å². The SMILES string of the molecule is C[C@H](Cc1cccs1)NC(=O)N1C[C@H]2CCC[C@@H]2C1. The number of carbonyl (C=O) groups excluding carboxylic acids is 1. The number of nitrogens with zero attached hydrogens (tertiary/aromatic N) is 1. The molecule has 0 radical (unpaired) electrons. The molecule has 3 rings (SSSR count). The number of carbonyl (C=O) groups is 1. The van der Waals surface area contributed by atoms with E-state index in [2.05, 4.69) is 29.8 Å². The van der Waals surface area contributed by atoms with Crippen LogP contribution in [0, 0.1) is 11.8 Å². The number of amides is 2. The van der Waals surface area contributed by atoms with Gasteiger partial charge < -0.3 is 10.2 Å². The minimum absolute atomic E-state index is 0.137. The van der Waals surface area contributed by atoms with E-state index in [-0.39, 0.29) is 12.1 Å². The van der Waals surface area contributed by atoms with Crippen molar-refractivity contribution in [1.29, 1.82) is 0 Å². The molecule has 0 bridgehead atoms. The minimum atomic E-state index is 0.137. The van der Waals surface area contributed by atoms with Crippen LogP contribution in [-0.2, 0) is 6.42 Å². The third-order valence-corrected chi connectivity index (χ3v) is 5.37.